The number of nitrogens with zero attached hydrogens (tertiary/aromatic N) is 4. The number of fused-ring (bicyclic) bond motifs is 1. The Hall–Kier alpha value is -2.76. The summed E-state index contributed by atoms with van der Waals surface area (Å²) in [5.41, 5.74) is 1.28. The van der Waals surface area contributed by atoms with Crippen LogP contribution in [0.15, 0.2) is 59.6 Å². The van der Waals surface area contributed by atoms with Crippen LogP contribution in [0.2, 0.25) is 0 Å². The van der Waals surface area contributed by atoms with Crippen LogP contribution in [-0.4, -0.2) is 32.2 Å². The van der Waals surface area contributed by atoms with Crippen molar-refractivity contribution in [3.63, 3.8) is 0 Å². The molecule has 0 radical (unpaired) electrons. The summed E-state index contributed by atoms with van der Waals surface area (Å²) in [5.74, 6) is -0.168. The number of benzene rings is 2. The maximum atomic E-state index is 14.3. The summed E-state index contributed by atoms with van der Waals surface area (Å²) in [7, 11) is -2.55. The lowest BCUT2D eigenvalue weighted by atomic mass is 10.2. The summed E-state index contributed by atoms with van der Waals surface area (Å²) >= 11 is 0. The minimum absolute atomic E-state index is 0.0958. The van der Waals surface area contributed by atoms with Gasteiger partial charge in [-0.05, 0) is 31.2 Å². The first-order valence-electron chi connectivity index (χ1n) is 7.97. The molecule has 1 aliphatic heterocycles. The number of halogens is 1. The molecule has 0 spiro atoms. The number of aliphatic imine (C=N–C) groups is 1. The minimum atomic E-state index is -3.99. The second kappa shape index (κ2) is 5.90. The zero-order chi connectivity index (χ0) is 18.5. The number of aromatic nitrogens is 2. The van der Waals surface area contributed by atoms with E-state index in [1.807, 2.05) is 30.3 Å². The fraction of sp³-hybridized carbons (Fsp3) is 0.111. The molecule has 1 unspecified atom stereocenters. The van der Waals surface area contributed by atoms with Crippen LogP contribution in [0.3, 0.4) is 0 Å². The van der Waals surface area contributed by atoms with E-state index in [-0.39, 0.29) is 22.5 Å². The molecule has 1 aromatic heterocycles. The Balaban J connectivity index is 2.02. The van der Waals surface area contributed by atoms with Crippen molar-refractivity contribution in [2.24, 2.45) is 4.99 Å². The topological polar surface area (TPSA) is 70.7 Å². The van der Waals surface area contributed by atoms with Crippen LogP contribution in [0.1, 0.15) is 11.3 Å². The van der Waals surface area contributed by atoms with Crippen LogP contribution in [0, 0.1) is 12.7 Å². The zero-order valence-electron chi connectivity index (χ0n) is 14.2. The molecule has 2 aromatic carbocycles. The summed E-state index contributed by atoms with van der Waals surface area (Å²) < 4.78 is 30.1. The summed E-state index contributed by atoms with van der Waals surface area (Å²) in [6, 6.07) is 15.2. The number of hydrogen-bond acceptors (Lipinski definition) is 3. The molecular weight excluding hydrogens is 354 g/mol. The average molecular weight is 370 g/mol. The Morgan fingerprint density at radius 2 is 1.73 bits per heavy atom. The second-order valence-corrected chi connectivity index (χ2v) is 8.12. The van der Waals surface area contributed by atoms with E-state index in [0.29, 0.717) is 11.4 Å². The Morgan fingerprint density at radius 1 is 1.08 bits per heavy atom. The molecule has 0 fully saturated rings. The van der Waals surface area contributed by atoms with Gasteiger partial charge in [-0.2, -0.15) is 5.10 Å². The van der Waals surface area contributed by atoms with Gasteiger partial charge in [0.25, 0.3) is 0 Å². The number of amidine groups is 1. The highest BCUT2D eigenvalue weighted by atomic mass is 31.2. The predicted molar refractivity (Wildman–Crippen MR) is 98.1 cm³/mol. The van der Waals surface area contributed by atoms with Gasteiger partial charge in [-0.3, -0.25) is 9.24 Å². The lowest BCUT2D eigenvalue weighted by Crippen LogP contribution is -2.33. The van der Waals surface area contributed by atoms with Crippen molar-refractivity contribution in [3.05, 3.63) is 71.7 Å². The van der Waals surface area contributed by atoms with E-state index in [2.05, 4.69) is 10.1 Å². The molecule has 0 amide bonds. The van der Waals surface area contributed by atoms with Crippen molar-refractivity contribution in [2.45, 2.75) is 6.92 Å². The van der Waals surface area contributed by atoms with Crippen LogP contribution in [0.5, 0.6) is 0 Å². The highest BCUT2D eigenvalue weighted by molar-refractivity contribution is 7.65. The first kappa shape index (κ1) is 16.7. The van der Waals surface area contributed by atoms with E-state index in [1.54, 1.807) is 19.1 Å². The molecule has 1 N–H and O–H groups in total. The van der Waals surface area contributed by atoms with Gasteiger partial charge >= 0.3 is 7.52 Å². The highest BCUT2D eigenvalue weighted by Crippen LogP contribution is 2.50. The molecule has 1 aliphatic rings. The quantitative estimate of drug-likeness (QED) is 0.704. The molecule has 132 valence electrons. The van der Waals surface area contributed by atoms with Gasteiger partial charge in [0.1, 0.15) is 17.0 Å². The van der Waals surface area contributed by atoms with Crippen molar-refractivity contribution in [3.8, 4) is 5.69 Å². The molecule has 1 atom stereocenters. The van der Waals surface area contributed by atoms with E-state index in [0.717, 1.165) is 4.67 Å². The summed E-state index contributed by atoms with van der Waals surface area (Å²) in [4.78, 5) is 15.3. The summed E-state index contributed by atoms with van der Waals surface area (Å²) in [6.07, 6.45) is 0. The van der Waals surface area contributed by atoms with Gasteiger partial charge in [0, 0.05) is 7.05 Å². The van der Waals surface area contributed by atoms with Crippen molar-refractivity contribution < 1.29 is 13.8 Å². The van der Waals surface area contributed by atoms with Crippen LogP contribution in [-0.2, 0) is 4.57 Å². The van der Waals surface area contributed by atoms with E-state index in [9.17, 15) is 13.8 Å². The molecule has 0 aliphatic carbocycles. The third kappa shape index (κ3) is 2.40. The standard InChI is InChI=1S/C18H16FN4O2P/c1-12-16-18(23(21-12)13-8-4-3-5-9-13)20-17(22(2)26(16,24)25)14-10-6-7-11-15(14)19/h3-11H,1-2H3,(H,24,25). The molecule has 8 heteroatoms. The van der Waals surface area contributed by atoms with Crippen molar-refractivity contribution in [2.75, 3.05) is 7.05 Å². The number of para-hydroxylation sites is 1. The van der Waals surface area contributed by atoms with Gasteiger partial charge in [0.05, 0.1) is 16.9 Å². The fourth-order valence-electron chi connectivity index (χ4n) is 3.03. The Morgan fingerprint density at radius 3 is 2.42 bits per heavy atom. The first-order chi connectivity index (χ1) is 12.4. The van der Waals surface area contributed by atoms with E-state index >= 15 is 0 Å². The molecule has 0 bridgehead atoms. The molecule has 26 heavy (non-hydrogen) atoms. The third-order valence-corrected chi connectivity index (χ3v) is 6.45. The summed E-state index contributed by atoms with van der Waals surface area (Å²) in [5, 5.41) is 4.57. The number of hydrogen-bond donors (Lipinski definition) is 1. The highest BCUT2D eigenvalue weighted by Gasteiger charge is 2.42. The van der Waals surface area contributed by atoms with Crippen molar-refractivity contribution in [1.29, 1.82) is 0 Å². The SMILES string of the molecule is Cc1nn(-c2ccccc2)c2c1P(=O)(O)N(C)C(c1ccccc1F)=N2. The van der Waals surface area contributed by atoms with E-state index in [1.165, 1.54) is 23.9 Å². The maximum absolute atomic E-state index is 14.3. The minimum Gasteiger partial charge on any atom is -0.326 e. The molecule has 3 aromatic rings. The molecule has 6 nitrogen and oxygen atoms in total. The largest absolute Gasteiger partial charge is 0.330 e. The van der Waals surface area contributed by atoms with E-state index < -0.39 is 13.3 Å². The lowest BCUT2D eigenvalue weighted by molar-refractivity contribution is 0.445. The Labute approximate surface area is 149 Å². The Bertz CT molecular complexity index is 1080. The van der Waals surface area contributed by atoms with Gasteiger partial charge in [0.2, 0.25) is 0 Å². The van der Waals surface area contributed by atoms with Gasteiger partial charge in [-0.15, -0.1) is 0 Å². The molecule has 2 heterocycles. The van der Waals surface area contributed by atoms with Gasteiger partial charge < -0.3 is 4.89 Å². The van der Waals surface area contributed by atoms with Crippen molar-refractivity contribution in [1.82, 2.24) is 14.5 Å². The number of aryl methyl sites for hydroxylation is 1. The zero-order valence-corrected chi connectivity index (χ0v) is 15.1. The summed E-state index contributed by atoms with van der Waals surface area (Å²) in [6.45, 7) is 1.67. The normalized spacial score (nSPS) is 19.2. The van der Waals surface area contributed by atoms with Crippen LogP contribution < -0.4 is 5.30 Å². The maximum Gasteiger partial charge on any atom is 0.330 e. The molecule has 4 rings (SSSR count). The molecule has 0 saturated carbocycles. The molecular formula is C18H16FN4O2P. The predicted octanol–water partition coefficient (Wildman–Crippen LogP) is 3.15. The van der Waals surface area contributed by atoms with Crippen LogP contribution in [0.4, 0.5) is 10.2 Å². The monoisotopic (exact) mass is 370 g/mol. The smallest absolute Gasteiger partial charge is 0.326 e. The Kier molecular flexibility index (Phi) is 3.79. The lowest BCUT2D eigenvalue weighted by Gasteiger charge is -2.30. The fourth-order valence-corrected chi connectivity index (χ4v) is 4.61. The molecule has 0 saturated heterocycles. The first-order valence-corrected chi connectivity index (χ1v) is 9.58. The van der Waals surface area contributed by atoms with Gasteiger partial charge in [-0.25, -0.2) is 14.1 Å². The van der Waals surface area contributed by atoms with Gasteiger partial charge in [0.15, 0.2) is 5.82 Å². The van der Waals surface area contributed by atoms with Crippen LogP contribution >= 0.6 is 7.52 Å². The average Bonchev–Trinajstić information content (AvgIpc) is 2.97. The number of rotatable bonds is 2. The van der Waals surface area contributed by atoms with Gasteiger partial charge in [-0.1, -0.05) is 30.3 Å². The second-order valence-electron chi connectivity index (χ2n) is 5.99. The third-order valence-electron chi connectivity index (χ3n) is 4.34. The van der Waals surface area contributed by atoms with Crippen LogP contribution in [0.25, 0.3) is 5.69 Å². The van der Waals surface area contributed by atoms with E-state index in [4.69, 9.17) is 0 Å². The van der Waals surface area contributed by atoms with Crippen molar-refractivity contribution >= 4 is 24.5 Å².